The highest BCUT2D eigenvalue weighted by Gasteiger charge is 2.41. The van der Waals surface area contributed by atoms with Gasteiger partial charge in [0.2, 0.25) is 12.4 Å². The highest BCUT2D eigenvalue weighted by Crippen LogP contribution is 2.34. The molecule has 0 aliphatic carbocycles. The largest absolute Gasteiger partial charge is 0.458 e. The molecule has 0 bridgehead atoms. The zero-order chi connectivity index (χ0) is 18.7. The van der Waals surface area contributed by atoms with Crippen LogP contribution < -0.4 is 9.47 Å². The molecule has 0 unspecified atom stereocenters. The Balaban J connectivity index is 1.60. The van der Waals surface area contributed by atoms with Gasteiger partial charge < -0.3 is 19.3 Å². The summed E-state index contributed by atoms with van der Waals surface area (Å²) in [5.41, 5.74) is -0.242. The van der Waals surface area contributed by atoms with Gasteiger partial charge in [-0.05, 0) is 28.8 Å². The Labute approximate surface area is 156 Å². The van der Waals surface area contributed by atoms with Gasteiger partial charge in [0.15, 0.2) is 11.5 Å². The zero-order valence-corrected chi connectivity index (χ0v) is 14.5. The van der Waals surface area contributed by atoms with E-state index in [1.54, 1.807) is 66.7 Å². The maximum Gasteiger partial charge on any atom is 0.348 e. The summed E-state index contributed by atoms with van der Waals surface area (Å²) in [5.74, 6) is 0.539. The smallest absolute Gasteiger partial charge is 0.348 e. The van der Waals surface area contributed by atoms with Gasteiger partial charge in [0, 0.05) is 0 Å². The Bertz CT molecular complexity index is 898. The third-order valence-electron chi connectivity index (χ3n) is 4.49. The molecule has 5 nitrogen and oxygen atoms in total. The fraction of sp³-hybridized carbons (Fsp3) is 0.136. The van der Waals surface area contributed by atoms with Crippen molar-refractivity contribution in [1.82, 2.24) is 0 Å². The highest BCUT2D eigenvalue weighted by molar-refractivity contribution is 5.85. The third kappa shape index (κ3) is 3.25. The monoisotopic (exact) mass is 362 g/mol. The summed E-state index contributed by atoms with van der Waals surface area (Å²) in [4.78, 5) is 12.9. The molecule has 3 aromatic carbocycles. The number of carbonyl (C=O) groups is 1. The fourth-order valence-corrected chi connectivity index (χ4v) is 3.05. The van der Waals surface area contributed by atoms with E-state index in [0.717, 1.165) is 5.56 Å². The summed E-state index contributed by atoms with van der Waals surface area (Å²) in [7, 11) is 0. The standard InChI is InChI=1S/C22H18O5/c23-21(25-14-16-11-12-19-20(13-16)27-15-26-19)22(24,17-7-3-1-4-8-17)18-9-5-2-6-10-18/h1-13,24H,14-15H2. The lowest BCUT2D eigenvalue weighted by Crippen LogP contribution is -2.38. The first-order valence-corrected chi connectivity index (χ1v) is 8.57. The fourth-order valence-electron chi connectivity index (χ4n) is 3.05. The number of esters is 1. The molecule has 0 aromatic heterocycles. The van der Waals surface area contributed by atoms with Crippen molar-refractivity contribution in [2.75, 3.05) is 6.79 Å². The lowest BCUT2D eigenvalue weighted by atomic mass is 9.86. The number of fused-ring (bicyclic) bond motifs is 1. The molecule has 0 amide bonds. The van der Waals surface area contributed by atoms with Crippen LogP contribution >= 0.6 is 0 Å². The first-order valence-electron chi connectivity index (χ1n) is 8.57. The first-order chi connectivity index (χ1) is 13.2. The van der Waals surface area contributed by atoms with Crippen molar-refractivity contribution >= 4 is 5.97 Å². The quantitative estimate of drug-likeness (QED) is 0.705. The van der Waals surface area contributed by atoms with E-state index in [1.165, 1.54) is 0 Å². The van der Waals surface area contributed by atoms with Gasteiger partial charge in [-0.2, -0.15) is 0 Å². The molecule has 0 atom stereocenters. The van der Waals surface area contributed by atoms with Crippen LogP contribution in [0.3, 0.4) is 0 Å². The van der Waals surface area contributed by atoms with Gasteiger partial charge in [-0.3, -0.25) is 0 Å². The topological polar surface area (TPSA) is 65.0 Å². The molecule has 3 aromatic rings. The van der Waals surface area contributed by atoms with Gasteiger partial charge in [-0.15, -0.1) is 0 Å². The number of benzene rings is 3. The predicted octanol–water partition coefficient (Wildman–Crippen LogP) is 3.39. The number of aliphatic hydroxyl groups is 1. The molecule has 0 radical (unpaired) electrons. The van der Waals surface area contributed by atoms with Gasteiger partial charge in [-0.1, -0.05) is 66.7 Å². The minimum absolute atomic E-state index is 0.0114. The van der Waals surface area contributed by atoms with E-state index in [1.807, 2.05) is 12.1 Å². The molecule has 0 saturated carbocycles. The van der Waals surface area contributed by atoms with Crippen LogP contribution in [0.5, 0.6) is 11.5 Å². The maximum absolute atomic E-state index is 12.9. The van der Waals surface area contributed by atoms with Crippen molar-refractivity contribution in [3.8, 4) is 11.5 Å². The number of carbonyl (C=O) groups excluding carboxylic acids is 1. The SMILES string of the molecule is O=C(OCc1ccc2c(c1)OCO2)C(O)(c1ccccc1)c1ccccc1. The summed E-state index contributed by atoms with van der Waals surface area (Å²) in [5, 5.41) is 11.3. The van der Waals surface area contributed by atoms with Crippen LogP contribution in [0.1, 0.15) is 16.7 Å². The van der Waals surface area contributed by atoms with E-state index in [2.05, 4.69) is 0 Å². The summed E-state index contributed by atoms with van der Waals surface area (Å²) >= 11 is 0. The van der Waals surface area contributed by atoms with Crippen LogP contribution in [0.4, 0.5) is 0 Å². The molecule has 4 rings (SSSR count). The van der Waals surface area contributed by atoms with E-state index >= 15 is 0 Å². The minimum atomic E-state index is -1.89. The predicted molar refractivity (Wildman–Crippen MR) is 98.2 cm³/mol. The Morgan fingerprint density at radius 2 is 1.48 bits per heavy atom. The van der Waals surface area contributed by atoms with Crippen LogP contribution in [0.15, 0.2) is 78.9 Å². The van der Waals surface area contributed by atoms with E-state index in [-0.39, 0.29) is 13.4 Å². The maximum atomic E-state index is 12.9. The van der Waals surface area contributed by atoms with Crippen LogP contribution in [0, 0.1) is 0 Å². The van der Waals surface area contributed by atoms with Crippen LogP contribution in [0.2, 0.25) is 0 Å². The molecule has 136 valence electrons. The van der Waals surface area contributed by atoms with Crippen molar-refractivity contribution in [2.24, 2.45) is 0 Å². The number of hydrogen-bond acceptors (Lipinski definition) is 5. The number of ether oxygens (including phenoxy) is 3. The second kappa shape index (κ2) is 7.13. The molecule has 0 fully saturated rings. The Morgan fingerprint density at radius 3 is 2.11 bits per heavy atom. The first kappa shape index (κ1) is 17.1. The van der Waals surface area contributed by atoms with Gasteiger partial charge in [0.25, 0.3) is 0 Å². The summed E-state index contributed by atoms with van der Waals surface area (Å²) in [6.45, 7) is 0.192. The van der Waals surface area contributed by atoms with Crippen molar-refractivity contribution in [2.45, 2.75) is 12.2 Å². The summed E-state index contributed by atoms with van der Waals surface area (Å²) < 4.78 is 16.1. The van der Waals surface area contributed by atoms with Gasteiger partial charge in [0.05, 0.1) is 0 Å². The van der Waals surface area contributed by atoms with Crippen molar-refractivity contribution in [1.29, 1.82) is 0 Å². The van der Waals surface area contributed by atoms with E-state index in [9.17, 15) is 9.90 Å². The second-order valence-electron chi connectivity index (χ2n) is 6.21. The van der Waals surface area contributed by atoms with Crippen molar-refractivity contribution < 1.29 is 24.1 Å². The third-order valence-corrected chi connectivity index (χ3v) is 4.49. The Morgan fingerprint density at radius 1 is 0.889 bits per heavy atom. The van der Waals surface area contributed by atoms with Crippen LogP contribution in [-0.2, 0) is 21.7 Å². The molecule has 5 heteroatoms. The normalized spacial score (nSPS) is 12.6. The minimum Gasteiger partial charge on any atom is -0.458 e. The lowest BCUT2D eigenvalue weighted by molar-refractivity contribution is -0.163. The molecule has 1 N–H and O–H groups in total. The van der Waals surface area contributed by atoms with E-state index in [0.29, 0.717) is 22.6 Å². The molecule has 0 saturated heterocycles. The molecule has 27 heavy (non-hydrogen) atoms. The average molecular weight is 362 g/mol. The molecular formula is C22H18O5. The van der Waals surface area contributed by atoms with E-state index < -0.39 is 11.6 Å². The molecule has 0 spiro atoms. The summed E-state index contributed by atoms with van der Waals surface area (Å²) in [6.07, 6.45) is 0. The summed E-state index contributed by atoms with van der Waals surface area (Å²) in [6, 6.07) is 22.9. The molecule has 1 heterocycles. The van der Waals surface area contributed by atoms with Crippen LogP contribution in [-0.4, -0.2) is 17.9 Å². The average Bonchev–Trinajstić information content (AvgIpc) is 3.20. The van der Waals surface area contributed by atoms with E-state index in [4.69, 9.17) is 14.2 Å². The number of rotatable bonds is 5. The molecule has 1 aliphatic heterocycles. The molecular weight excluding hydrogens is 344 g/mol. The number of hydrogen-bond donors (Lipinski definition) is 1. The van der Waals surface area contributed by atoms with Crippen molar-refractivity contribution in [3.05, 3.63) is 95.6 Å². The lowest BCUT2D eigenvalue weighted by Gasteiger charge is -2.27. The zero-order valence-electron chi connectivity index (χ0n) is 14.5. The van der Waals surface area contributed by atoms with Crippen molar-refractivity contribution in [3.63, 3.8) is 0 Å². The second-order valence-corrected chi connectivity index (χ2v) is 6.21. The Kier molecular flexibility index (Phi) is 4.52. The van der Waals surface area contributed by atoms with Gasteiger partial charge >= 0.3 is 5.97 Å². The van der Waals surface area contributed by atoms with Crippen LogP contribution in [0.25, 0.3) is 0 Å². The van der Waals surface area contributed by atoms with Gasteiger partial charge in [-0.25, -0.2) is 4.79 Å². The Hall–Kier alpha value is -3.31. The highest BCUT2D eigenvalue weighted by atomic mass is 16.7. The van der Waals surface area contributed by atoms with Gasteiger partial charge in [0.1, 0.15) is 6.61 Å². The molecule has 1 aliphatic rings.